The Hall–Kier alpha value is -1.83. The first-order valence-corrected chi connectivity index (χ1v) is 5.50. The minimum Gasteiger partial charge on any atom is -0.368 e. The smallest absolute Gasteiger partial charge is 0.258 e. The first-order chi connectivity index (χ1) is 8.82. The van der Waals surface area contributed by atoms with E-state index in [1.165, 1.54) is 7.05 Å². The summed E-state index contributed by atoms with van der Waals surface area (Å²) in [6.45, 7) is 0. The summed E-state index contributed by atoms with van der Waals surface area (Å²) in [6, 6.07) is 0. The van der Waals surface area contributed by atoms with Crippen LogP contribution in [0.4, 0.5) is 25.1 Å². The average molecular weight is 292 g/mol. The normalized spacial score (nSPS) is 26.7. The zero-order valence-electron chi connectivity index (χ0n) is 9.69. The van der Waals surface area contributed by atoms with Crippen LogP contribution in [0.15, 0.2) is 30.0 Å². The molecule has 2 unspecified atom stereocenters. The number of alkyl halides is 3. The van der Waals surface area contributed by atoms with E-state index >= 15 is 0 Å². The highest BCUT2D eigenvalue weighted by molar-refractivity contribution is 6.25. The van der Waals surface area contributed by atoms with Crippen LogP contribution in [0, 0.1) is 0 Å². The summed E-state index contributed by atoms with van der Waals surface area (Å²) in [6.07, 6.45) is -0.0178. The van der Waals surface area contributed by atoms with Gasteiger partial charge in [0.15, 0.2) is 6.17 Å². The Morgan fingerprint density at radius 3 is 2.79 bits per heavy atom. The first kappa shape index (κ1) is 13.6. The molecule has 0 fully saturated rings. The monoisotopic (exact) mass is 291 g/mol. The van der Waals surface area contributed by atoms with Crippen molar-refractivity contribution in [1.29, 1.82) is 0 Å². The summed E-state index contributed by atoms with van der Waals surface area (Å²) in [5.74, 6) is -1.13. The maximum Gasteiger partial charge on any atom is 0.258 e. The lowest BCUT2D eigenvalue weighted by Gasteiger charge is -2.31. The largest absolute Gasteiger partial charge is 0.368 e. The Labute approximate surface area is 111 Å². The van der Waals surface area contributed by atoms with Crippen LogP contribution in [0.25, 0.3) is 0 Å². The number of allylic oxidation sites excluding steroid dienone is 4. The number of nitrogen functional groups attached to an aromatic ring is 1. The highest BCUT2D eigenvalue weighted by Gasteiger charge is 2.45. The van der Waals surface area contributed by atoms with Gasteiger partial charge in [0.1, 0.15) is 12.2 Å². The lowest BCUT2D eigenvalue weighted by molar-refractivity contribution is 0.188. The Kier molecular flexibility index (Phi) is 3.36. The van der Waals surface area contributed by atoms with Crippen LogP contribution in [0.2, 0.25) is 0 Å². The maximum atomic E-state index is 14.1. The van der Waals surface area contributed by atoms with Crippen LogP contribution in [-0.4, -0.2) is 33.3 Å². The van der Waals surface area contributed by atoms with Gasteiger partial charge >= 0.3 is 0 Å². The van der Waals surface area contributed by atoms with Gasteiger partial charge in [0.25, 0.3) is 5.13 Å². The van der Waals surface area contributed by atoms with Crippen LogP contribution in [0.1, 0.15) is 0 Å². The number of hydrogen-bond acceptors (Lipinski definition) is 5. The summed E-state index contributed by atoms with van der Waals surface area (Å²) in [5.41, 5.74) is 4.89. The second-order valence-electron chi connectivity index (χ2n) is 3.81. The number of nitrogens with two attached hydrogens (primary N) is 1. The van der Waals surface area contributed by atoms with Crippen molar-refractivity contribution in [1.82, 2.24) is 15.0 Å². The van der Waals surface area contributed by atoms with Gasteiger partial charge in [-0.15, -0.1) is 0 Å². The van der Waals surface area contributed by atoms with Gasteiger partial charge in [0.05, 0.1) is 5.70 Å². The Balaban J connectivity index is 2.42. The molecule has 0 bridgehead atoms. The number of nitrogens with zero attached hydrogens (tertiary/aromatic N) is 4. The molecule has 19 heavy (non-hydrogen) atoms. The molecule has 0 saturated carbocycles. The third-order valence-corrected chi connectivity index (χ3v) is 2.91. The fraction of sp³-hybridized carbons (Fsp3) is 0.300. The lowest BCUT2D eigenvalue weighted by atomic mass is 10.1. The van der Waals surface area contributed by atoms with Crippen molar-refractivity contribution < 1.29 is 13.2 Å². The van der Waals surface area contributed by atoms with Crippen molar-refractivity contribution in [2.24, 2.45) is 0 Å². The highest BCUT2D eigenvalue weighted by Crippen LogP contribution is 2.40. The molecule has 2 atom stereocenters. The quantitative estimate of drug-likeness (QED) is 0.843. The van der Waals surface area contributed by atoms with E-state index in [4.69, 9.17) is 17.3 Å². The van der Waals surface area contributed by atoms with Crippen molar-refractivity contribution >= 4 is 23.5 Å². The van der Waals surface area contributed by atoms with Gasteiger partial charge in [-0.3, -0.25) is 0 Å². The van der Waals surface area contributed by atoms with Crippen LogP contribution in [-0.2, 0) is 0 Å². The van der Waals surface area contributed by atoms with Crippen molar-refractivity contribution in [2.75, 3.05) is 17.7 Å². The molecule has 0 spiro atoms. The van der Waals surface area contributed by atoms with E-state index in [1.54, 1.807) is 0 Å². The van der Waals surface area contributed by atoms with Crippen LogP contribution < -0.4 is 10.6 Å². The minimum atomic E-state index is -2.91. The van der Waals surface area contributed by atoms with Gasteiger partial charge in [-0.05, 0) is 12.2 Å². The second kappa shape index (κ2) is 4.69. The fourth-order valence-corrected chi connectivity index (χ4v) is 1.79. The SMILES string of the molecule is CN(C1=CC(F)=CC(F)C1(F)Cl)c1ncnc(N)n1. The highest BCUT2D eigenvalue weighted by atomic mass is 35.5. The van der Waals surface area contributed by atoms with Crippen molar-refractivity contribution in [3.63, 3.8) is 0 Å². The molecule has 1 heterocycles. The summed E-state index contributed by atoms with van der Waals surface area (Å²) < 4.78 is 40.8. The topological polar surface area (TPSA) is 67.9 Å². The molecule has 0 saturated heterocycles. The van der Waals surface area contributed by atoms with Gasteiger partial charge < -0.3 is 10.6 Å². The Morgan fingerprint density at radius 1 is 1.47 bits per heavy atom. The summed E-state index contributed by atoms with van der Waals surface area (Å²) in [5, 5.41) is -2.91. The molecule has 1 aromatic heterocycles. The maximum absolute atomic E-state index is 14.1. The van der Waals surface area contributed by atoms with Gasteiger partial charge in [0.2, 0.25) is 11.9 Å². The number of aromatic nitrogens is 3. The predicted octanol–water partition coefficient (Wildman–Crippen LogP) is 1.88. The number of anilines is 2. The van der Waals surface area contributed by atoms with E-state index in [0.29, 0.717) is 6.08 Å². The number of rotatable bonds is 2. The summed E-state index contributed by atoms with van der Waals surface area (Å²) in [7, 11) is 1.31. The van der Waals surface area contributed by atoms with Crippen LogP contribution >= 0.6 is 11.6 Å². The molecule has 9 heteroatoms. The van der Waals surface area contributed by atoms with Gasteiger partial charge in [-0.2, -0.15) is 4.98 Å². The molecule has 0 aromatic carbocycles. The average Bonchev–Trinajstić information content (AvgIpc) is 2.33. The molecule has 0 radical (unpaired) electrons. The molecule has 102 valence electrons. The molecule has 0 aliphatic heterocycles. The van der Waals surface area contributed by atoms with Gasteiger partial charge in [-0.25, -0.2) is 23.1 Å². The lowest BCUT2D eigenvalue weighted by Crippen LogP contribution is -2.40. The molecule has 0 amide bonds. The van der Waals surface area contributed by atoms with E-state index in [2.05, 4.69) is 15.0 Å². The van der Waals surface area contributed by atoms with Crippen LogP contribution in [0.5, 0.6) is 0 Å². The van der Waals surface area contributed by atoms with Gasteiger partial charge in [-0.1, -0.05) is 11.6 Å². The molecule has 5 nitrogen and oxygen atoms in total. The molecular formula is C10H9ClF3N5. The molecule has 2 rings (SSSR count). The van der Waals surface area contributed by atoms with E-state index in [-0.39, 0.29) is 11.9 Å². The van der Waals surface area contributed by atoms with Crippen molar-refractivity contribution in [2.45, 2.75) is 11.3 Å². The van der Waals surface area contributed by atoms with E-state index < -0.39 is 22.8 Å². The van der Waals surface area contributed by atoms with E-state index in [1.807, 2.05) is 0 Å². The summed E-state index contributed by atoms with van der Waals surface area (Å²) >= 11 is 5.47. The van der Waals surface area contributed by atoms with Gasteiger partial charge in [0, 0.05) is 7.05 Å². The van der Waals surface area contributed by atoms with E-state index in [0.717, 1.165) is 17.3 Å². The standard InChI is InChI=1S/C10H9ClF3N5/c1-19(9-17-4-16-8(15)18-9)7-3-5(12)2-6(13)10(7,11)14/h2-4,6H,1H3,(H2,15,16,17,18). The second-order valence-corrected chi connectivity index (χ2v) is 4.36. The number of halogens is 4. The molecule has 2 N–H and O–H groups in total. The summed E-state index contributed by atoms with van der Waals surface area (Å²) in [4.78, 5) is 12.0. The Bertz CT molecular complexity index is 560. The minimum absolute atomic E-state index is 0.0803. The molecule has 1 aliphatic rings. The third-order valence-electron chi connectivity index (χ3n) is 2.51. The zero-order chi connectivity index (χ0) is 14.2. The molecular weight excluding hydrogens is 283 g/mol. The molecule has 1 aliphatic carbocycles. The third kappa shape index (κ3) is 2.48. The fourth-order valence-electron chi connectivity index (χ4n) is 1.55. The molecule has 1 aromatic rings. The van der Waals surface area contributed by atoms with Crippen molar-refractivity contribution in [3.05, 3.63) is 30.0 Å². The first-order valence-electron chi connectivity index (χ1n) is 5.12. The number of hydrogen-bond donors (Lipinski definition) is 1. The van der Waals surface area contributed by atoms with E-state index in [9.17, 15) is 13.2 Å². The Morgan fingerprint density at radius 2 is 2.16 bits per heavy atom. The van der Waals surface area contributed by atoms with Crippen molar-refractivity contribution in [3.8, 4) is 0 Å². The predicted molar refractivity (Wildman–Crippen MR) is 64.5 cm³/mol. The van der Waals surface area contributed by atoms with Crippen LogP contribution in [0.3, 0.4) is 0 Å². The zero-order valence-corrected chi connectivity index (χ0v) is 10.4.